The van der Waals surface area contributed by atoms with Crippen LogP contribution in [-0.4, -0.2) is 29.6 Å². The van der Waals surface area contributed by atoms with E-state index in [0.717, 1.165) is 24.2 Å². The molecule has 0 saturated heterocycles. The molecule has 6 heteroatoms. The Labute approximate surface area is 223 Å². The normalized spacial score (nSPS) is 18.5. The van der Waals surface area contributed by atoms with Gasteiger partial charge in [-0.25, -0.2) is 0 Å². The average Bonchev–Trinajstić information content (AvgIpc) is 2.87. The van der Waals surface area contributed by atoms with Gasteiger partial charge in [-0.1, -0.05) is 48.5 Å². The van der Waals surface area contributed by atoms with Crippen molar-refractivity contribution in [3.63, 3.8) is 0 Å². The van der Waals surface area contributed by atoms with Crippen LogP contribution in [0.25, 0.3) is 0 Å². The summed E-state index contributed by atoms with van der Waals surface area (Å²) < 4.78 is 52.1. The van der Waals surface area contributed by atoms with E-state index < -0.39 is 12.3 Å². The first-order valence-electron chi connectivity index (χ1n) is 13.4. The Hall–Kier alpha value is -2.99. The van der Waals surface area contributed by atoms with Crippen LogP contribution in [0, 0.1) is 0 Å². The van der Waals surface area contributed by atoms with Crippen molar-refractivity contribution in [3.05, 3.63) is 95.1 Å². The summed E-state index contributed by atoms with van der Waals surface area (Å²) >= 11 is 0. The molecule has 0 aromatic heterocycles. The van der Waals surface area contributed by atoms with Crippen molar-refractivity contribution in [1.29, 1.82) is 0 Å². The van der Waals surface area contributed by atoms with E-state index in [1.54, 1.807) is 12.1 Å². The van der Waals surface area contributed by atoms with Crippen molar-refractivity contribution >= 4 is 0 Å². The van der Waals surface area contributed by atoms with Crippen LogP contribution in [0.15, 0.2) is 72.8 Å². The molecule has 3 nitrogen and oxygen atoms in total. The fourth-order valence-electron chi connectivity index (χ4n) is 5.33. The summed E-state index contributed by atoms with van der Waals surface area (Å²) in [4.78, 5) is 0. The fraction of sp³-hybridized carbons (Fsp3) is 0.438. The van der Waals surface area contributed by atoms with Gasteiger partial charge in [0.25, 0.3) is 0 Å². The highest BCUT2D eigenvalue weighted by Crippen LogP contribution is 2.47. The van der Waals surface area contributed by atoms with Crippen molar-refractivity contribution in [2.75, 3.05) is 6.61 Å². The molecular weight excluding hydrogens is 489 g/mol. The lowest BCUT2D eigenvalue weighted by Crippen LogP contribution is -2.34. The molecular formula is C32H37F3O3. The molecule has 0 radical (unpaired) electrons. The van der Waals surface area contributed by atoms with Crippen LogP contribution < -0.4 is 9.47 Å². The van der Waals surface area contributed by atoms with Crippen molar-refractivity contribution < 1.29 is 27.8 Å². The fourth-order valence-corrected chi connectivity index (χ4v) is 5.33. The molecule has 3 atom stereocenters. The topological polar surface area (TPSA) is 38.7 Å². The minimum Gasteiger partial charge on any atom is -0.488 e. The molecule has 1 aliphatic carbocycles. The standard InChI is InChI=1S/C32H37F3O3/c1-31(2,3)38-26-17-19-28-24(21-26)14-18-27(22-9-5-4-6-10-22)30(28)23-12-15-25(16-13-23)37-29(32(33,34)35)11-7-8-20-36/h4-6,9-10,12-13,15-17,19,21,27,29-30,36H,7-8,11,14,18,20H2,1-3H3/t27-,29?,30+/m1/s1. The molecule has 204 valence electrons. The zero-order chi connectivity index (χ0) is 27.3. The highest BCUT2D eigenvalue weighted by atomic mass is 19.4. The molecule has 3 aromatic rings. The largest absolute Gasteiger partial charge is 0.488 e. The molecule has 3 aromatic carbocycles. The molecule has 1 N–H and O–H groups in total. The first-order valence-corrected chi connectivity index (χ1v) is 13.4. The molecule has 0 spiro atoms. The summed E-state index contributed by atoms with van der Waals surface area (Å²) in [7, 11) is 0. The molecule has 0 aliphatic heterocycles. The Balaban J connectivity index is 1.64. The lowest BCUT2D eigenvalue weighted by atomic mass is 9.69. The monoisotopic (exact) mass is 526 g/mol. The third-order valence-electron chi connectivity index (χ3n) is 6.99. The lowest BCUT2D eigenvalue weighted by Gasteiger charge is -2.35. The number of ether oxygens (including phenoxy) is 2. The van der Waals surface area contributed by atoms with Gasteiger partial charge in [-0.05, 0) is 105 Å². The van der Waals surface area contributed by atoms with Crippen LogP contribution in [0.4, 0.5) is 13.2 Å². The molecule has 0 fully saturated rings. The van der Waals surface area contributed by atoms with E-state index in [-0.39, 0.29) is 42.6 Å². The van der Waals surface area contributed by atoms with Gasteiger partial charge >= 0.3 is 6.18 Å². The molecule has 0 saturated carbocycles. The van der Waals surface area contributed by atoms with E-state index >= 15 is 0 Å². The van der Waals surface area contributed by atoms with Crippen LogP contribution in [-0.2, 0) is 6.42 Å². The Morgan fingerprint density at radius 3 is 2.18 bits per heavy atom. The number of fused-ring (bicyclic) bond motifs is 1. The van der Waals surface area contributed by atoms with Gasteiger partial charge in [-0.2, -0.15) is 13.2 Å². The number of aliphatic hydroxyl groups is 1. The first-order chi connectivity index (χ1) is 18.0. The predicted octanol–water partition coefficient (Wildman–Crippen LogP) is 8.20. The number of hydrogen-bond acceptors (Lipinski definition) is 3. The number of unbranched alkanes of at least 4 members (excludes halogenated alkanes) is 1. The van der Waals surface area contributed by atoms with E-state index in [1.165, 1.54) is 16.7 Å². The number of alkyl halides is 3. The smallest absolute Gasteiger partial charge is 0.425 e. The van der Waals surface area contributed by atoms with Crippen LogP contribution in [0.5, 0.6) is 11.5 Å². The van der Waals surface area contributed by atoms with Crippen molar-refractivity contribution in [1.82, 2.24) is 0 Å². The van der Waals surface area contributed by atoms with Crippen LogP contribution in [0.2, 0.25) is 0 Å². The van der Waals surface area contributed by atoms with E-state index in [9.17, 15) is 13.2 Å². The summed E-state index contributed by atoms with van der Waals surface area (Å²) in [5.41, 5.74) is 4.46. The summed E-state index contributed by atoms with van der Waals surface area (Å²) in [6.45, 7) is 5.95. The molecule has 0 bridgehead atoms. The van der Waals surface area contributed by atoms with Crippen LogP contribution in [0.3, 0.4) is 0 Å². The Kier molecular flexibility index (Phi) is 8.71. The van der Waals surface area contributed by atoms with Gasteiger partial charge in [0, 0.05) is 12.5 Å². The maximum Gasteiger partial charge on any atom is 0.425 e. The molecule has 38 heavy (non-hydrogen) atoms. The highest BCUT2D eigenvalue weighted by Gasteiger charge is 2.41. The second-order valence-electron chi connectivity index (χ2n) is 11.0. The van der Waals surface area contributed by atoms with E-state index in [2.05, 4.69) is 24.3 Å². The summed E-state index contributed by atoms with van der Waals surface area (Å²) in [5, 5.41) is 8.94. The van der Waals surface area contributed by atoms with Crippen LogP contribution in [0.1, 0.15) is 80.5 Å². The van der Waals surface area contributed by atoms with E-state index in [0.29, 0.717) is 6.42 Å². The number of hydrogen-bond donors (Lipinski definition) is 1. The maximum atomic E-state index is 13.5. The first kappa shape index (κ1) is 28.0. The highest BCUT2D eigenvalue weighted by molar-refractivity contribution is 5.48. The molecule has 0 heterocycles. The Bertz CT molecular complexity index is 1170. The van der Waals surface area contributed by atoms with Gasteiger partial charge in [0.05, 0.1) is 0 Å². The van der Waals surface area contributed by atoms with Gasteiger partial charge in [-0.15, -0.1) is 0 Å². The summed E-state index contributed by atoms with van der Waals surface area (Å²) in [6, 6.07) is 23.8. The summed E-state index contributed by atoms with van der Waals surface area (Å²) in [5.74, 6) is 1.34. The number of rotatable bonds is 9. The third-order valence-corrected chi connectivity index (χ3v) is 6.99. The average molecular weight is 527 g/mol. The zero-order valence-electron chi connectivity index (χ0n) is 22.3. The predicted molar refractivity (Wildman–Crippen MR) is 144 cm³/mol. The number of aryl methyl sites for hydroxylation is 1. The number of benzene rings is 3. The minimum absolute atomic E-state index is 0.0573. The summed E-state index contributed by atoms with van der Waals surface area (Å²) in [6.07, 6.45) is -4.10. The number of halogens is 3. The molecule has 1 unspecified atom stereocenters. The van der Waals surface area contributed by atoms with Crippen molar-refractivity contribution in [3.8, 4) is 11.5 Å². The van der Waals surface area contributed by atoms with E-state index in [1.807, 2.05) is 57.2 Å². The van der Waals surface area contributed by atoms with Crippen molar-refractivity contribution in [2.24, 2.45) is 0 Å². The Morgan fingerprint density at radius 2 is 1.55 bits per heavy atom. The SMILES string of the molecule is CC(C)(C)Oc1ccc2c(c1)CC[C@H](c1ccccc1)[C@@H]2c1ccc(OC(CCCCO)C(F)(F)F)cc1. The van der Waals surface area contributed by atoms with Gasteiger partial charge in [0.1, 0.15) is 17.1 Å². The Morgan fingerprint density at radius 1 is 0.868 bits per heavy atom. The third kappa shape index (κ3) is 7.10. The van der Waals surface area contributed by atoms with Gasteiger partial charge in [-0.3, -0.25) is 0 Å². The van der Waals surface area contributed by atoms with Crippen molar-refractivity contribution in [2.45, 2.75) is 82.6 Å². The van der Waals surface area contributed by atoms with Gasteiger partial charge in [0.15, 0.2) is 6.10 Å². The second-order valence-corrected chi connectivity index (χ2v) is 11.0. The molecule has 0 amide bonds. The zero-order valence-corrected chi connectivity index (χ0v) is 22.3. The van der Waals surface area contributed by atoms with Gasteiger partial charge in [0.2, 0.25) is 0 Å². The number of aliphatic hydroxyl groups excluding tert-OH is 1. The minimum atomic E-state index is -4.47. The molecule has 1 aliphatic rings. The quantitative estimate of drug-likeness (QED) is 0.286. The van der Waals surface area contributed by atoms with Gasteiger partial charge < -0.3 is 14.6 Å². The molecule has 4 rings (SSSR count). The second kappa shape index (κ2) is 11.8. The van der Waals surface area contributed by atoms with Crippen LogP contribution >= 0.6 is 0 Å². The maximum absolute atomic E-state index is 13.5. The van der Waals surface area contributed by atoms with E-state index in [4.69, 9.17) is 14.6 Å². The lowest BCUT2D eigenvalue weighted by molar-refractivity contribution is -0.197.